The van der Waals surface area contributed by atoms with Gasteiger partial charge in [0.05, 0.1) is 27.7 Å². The average molecular weight is 234 g/mol. The first-order valence-corrected chi connectivity index (χ1v) is 6.58. The van der Waals surface area contributed by atoms with Crippen molar-refractivity contribution in [3.05, 3.63) is 29.3 Å². The summed E-state index contributed by atoms with van der Waals surface area (Å²) in [7, 11) is 6.40. The lowest BCUT2D eigenvalue weighted by molar-refractivity contribution is -0.903. The van der Waals surface area contributed by atoms with Crippen LogP contribution in [0.1, 0.15) is 30.4 Å². The van der Waals surface area contributed by atoms with Gasteiger partial charge >= 0.3 is 0 Å². The maximum absolute atomic E-state index is 5.34. The number of hydrogen-bond donors (Lipinski definition) is 0. The van der Waals surface area contributed by atoms with Gasteiger partial charge in [0, 0.05) is 5.56 Å². The fraction of sp³-hybridized carbons (Fsp3) is 0.600. The Hall–Kier alpha value is -1.02. The number of fused-ring (bicyclic) bond motifs is 1. The minimum atomic E-state index is 0.989. The maximum atomic E-state index is 5.34. The van der Waals surface area contributed by atoms with E-state index in [9.17, 15) is 0 Å². The molecular weight excluding hydrogens is 210 g/mol. The van der Waals surface area contributed by atoms with Crippen molar-refractivity contribution >= 4 is 0 Å². The molecule has 2 nitrogen and oxygen atoms in total. The van der Waals surface area contributed by atoms with Crippen LogP contribution in [-0.4, -0.2) is 32.2 Å². The Morgan fingerprint density at radius 3 is 2.65 bits per heavy atom. The second-order valence-corrected chi connectivity index (χ2v) is 5.76. The van der Waals surface area contributed by atoms with Crippen molar-refractivity contribution in [2.75, 3.05) is 27.7 Å². The van der Waals surface area contributed by atoms with Gasteiger partial charge in [-0.15, -0.1) is 0 Å². The molecule has 0 atom stereocenters. The molecule has 0 radical (unpaired) electrons. The molecule has 1 aliphatic heterocycles. The number of quaternary nitrogens is 1. The first-order chi connectivity index (χ1) is 8.11. The van der Waals surface area contributed by atoms with Gasteiger partial charge in [0.2, 0.25) is 0 Å². The Labute approximate surface area is 105 Å². The molecule has 0 bridgehead atoms. The van der Waals surface area contributed by atoms with Crippen LogP contribution in [0, 0.1) is 0 Å². The van der Waals surface area contributed by atoms with Crippen molar-refractivity contribution in [3.8, 4) is 5.75 Å². The largest absolute Gasteiger partial charge is 0.497 e. The number of rotatable bonds is 1. The van der Waals surface area contributed by atoms with Gasteiger partial charge in [0.1, 0.15) is 12.3 Å². The van der Waals surface area contributed by atoms with Gasteiger partial charge < -0.3 is 9.22 Å². The second-order valence-electron chi connectivity index (χ2n) is 5.76. The molecule has 0 saturated heterocycles. The molecule has 0 fully saturated rings. The average Bonchev–Trinajstić information content (AvgIpc) is 2.35. The number of benzene rings is 1. The summed E-state index contributed by atoms with van der Waals surface area (Å²) in [5.41, 5.74) is 2.98. The van der Waals surface area contributed by atoms with Crippen molar-refractivity contribution in [1.29, 1.82) is 0 Å². The van der Waals surface area contributed by atoms with Crippen LogP contribution in [0.5, 0.6) is 5.75 Å². The molecule has 0 amide bonds. The van der Waals surface area contributed by atoms with Crippen molar-refractivity contribution < 1.29 is 9.22 Å². The summed E-state index contributed by atoms with van der Waals surface area (Å²) < 4.78 is 6.43. The van der Waals surface area contributed by atoms with Gasteiger partial charge in [-0.1, -0.05) is 6.07 Å². The van der Waals surface area contributed by atoms with Crippen LogP contribution in [-0.2, 0) is 13.0 Å². The predicted molar refractivity (Wildman–Crippen MR) is 71.2 cm³/mol. The van der Waals surface area contributed by atoms with Crippen LogP contribution in [0.3, 0.4) is 0 Å². The van der Waals surface area contributed by atoms with Crippen LogP contribution >= 0.6 is 0 Å². The summed E-state index contributed by atoms with van der Waals surface area (Å²) in [4.78, 5) is 0. The van der Waals surface area contributed by atoms with E-state index in [2.05, 4.69) is 32.3 Å². The first-order valence-electron chi connectivity index (χ1n) is 6.58. The smallest absolute Gasteiger partial charge is 0.119 e. The highest BCUT2D eigenvalue weighted by molar-refractivity contribution is 5.35. The lowest BCUT2D eigenvalue weighted by Crippen LogP contribution is -2.39. The van der Waals surface area contributed by atoms with E-state index in [1.165, 1.54) is 43.4 Å². The summed E-state index contributed by atoms with van der Waals surface area (Å²) in [5, 5.41) is 0. The van der Waals surface area contributed by atoms with E-state index in [1.54, 1.807) is 7.11 Å². The Bertz CT molecular complexity index is 385. The molecule has 94 valence electrons. The molecule has 17 heavy (non-hydrogen) atoms. The van der Waals surface area contributed by atoms with Gasteiger partial charge in [-0.3, -0.25) is 0 Å². The highest BCUT2D eigenvalue weighted by atomic mass is 16.5. The summed E-state index contributed by atoms with van der Waals surface area (Å²) in [5.74, 6) is 0.989. The van der Waals surface area contributed by atoms with Crippen molar-refractivity contribution in [2.24, 2.45) is 0 Å². The monoisotopic (exact) mass is 234 g/mol. The Morgan fingerprint density at radius 2 is 1.88 bits per heavy atom. The third-order valence-electron chi connectivity index (χ3n) is 3.72. The molecular formula is C15H24NO+. The highest BCUT2D eigenvalue weighted by Gasteiger charge is 2.19. The fourth-order valence-electron chi connectivity index (χ4n) is 2.69. The SMILES string of the molecule is COc1ccc2c(c1)C[N+](C)(C)CCCCC2. The quantitative estimate of drug-likeness (QED) is 0.679. The Morgan fingerprint density at radius 1 is 1.06 bits per heavy atom. The van der Waals surface area contributed by atoms with E-state index in [-0.39, 0.29) is 0 Å². The molecule has 2 heteroatoms. The fourth-order valence-corrected chi connectivity index (χ4v) is 2.69. The van der Waals surface area contributed by atoms with Crippen LogP contribution in [0.25, 0.3) is 0 Å². The Balaban J connectivity index is 2.32. The van der Waals surface area contributed by atoms with Crippen molar-refractivity contribution in [3.63, 3.8) is 0 Å². The van der Waals surface area contributed by atoms with Crippen molar-refractivity contribution in [1.82, 2.24) is 0 Å². The summed E-state index contributed by atoms with van der Waals surface area (Å²) in [6, 6.07) is 6.57. The number of aryl methyl sites for hydroxylation is 1. The molecule has 1 heterocycles. The van der Waals surface area contributed by atoms with E-state index in [4.69, 9.17) is 4.74 Å². The number of ether oxygens (including phenoxy) is 1. The van der Waals surface area contributed by atoms with Gasteiger partial charge in [-0.2, -0.15) is 0 Å². The molecule has 0 saturated carbocycles. The summed E-state index contributed by atoms with van der Waals surface area (Å²) in [6.45, 7) is 2.39. The van der Waals surface area contributed by atoms with E-state index in [0.29, 0.717) is 0 Å². The summed E-state index contributed by atoms with van der Waals surface area (Å²) >= 11 is 0. The first kappa shape index (κ1) is 12.4. The molecule has 0 N–H and O–H groups in total. The molecule has 0 aromatic heterocycles. The third-order valence-corrected chi connectivity index (χ3v) is 3.72. The van der Waals surface area contributed by atoms with E-state index < -0.39 is 0 Å². The zero-order valence-corrected chi connectivity index (χ0v) is 11.3. The minimum absolute atomic E-state index is 0.989. The molecule has 1 aliphatic rings. The van der Waals surface area contributed by atoms with E-state index >= 15 is 0 Å². The van der Waals surface area contributed by atoms with Crippen LogP contribution in [0.15, 0.2) is 18.2 Å². The zero-order chi connectivity index (χ0) is 12.3. The molecule has 0 unspecified atom stereocenters. The molecule has 1 aromatic rings. The van der Waals surface area contributed by atoms with Gasteiger partial charge in [-0.05, 0) is 43.4 Å². The van der Waals surface area contributed by atoms with Gasteiger partial charge in [-0.25, -0.2) is 0 Å². The Kier molecular flexibility index (Phi) is 3.72. The molecule has 1 aromatic carbocycles. The minimum Gasteiger partial charge on any atom is -0.497 e. The standard InChI is InChI=1S/C15H24NO/c1-16(2)10-6-4-5-7-13-8-9-15(17-3)11-14(13)12-16/h8-9,11H,4-7,10,12H2,1-3H3/q+1. The topological polar surface area (TPSA) is 9.23 Å². The second kappa shape index (κ2) is 5.09. The number of methoxy groups -OCH3 is 1. The number of hydrogen-bond acceptors (Lipinski definition) is 1. The van der Waals surface area contributed by atoms with E-state index in [1.807, 2.05) is 0 Å². The maximum Gasteiger partial charge on any atom is 0.119 e. The van der Waals surface area contributed by atoms with Crippen molar-refractivity contribution in [2.45, 2.75) is 32.2 Å². The van der Waals surface area contributed by atoms with E-state index in [0.717, 1.165) is 16.8 Å². The summed E-state index contributed by atoms with van der Waals surface area (Å²) in [6.07, 6.45) is 5.24. The van der Waals surface area contributed by atoms with Crippen LogP contribution < -0.4 is 4.74 Å². The highest BCUT2D eigenvalue weighted by Crippen LogP contribution is 2.24. The normalized spacial score (nSPS) is 19.7. The van der Waals surface area contributed by atoms with Gasteiger partial charge in [0.25, 0.3) is 0 Å². The molecule has 0 aliphatic carbocycles. The number of nitrogens with zero attached hydrogens (tertiary/aromatic N) is 1. The zero-order valence-electron chi connectivity index (χ0n) is 11.3. The predicted octanol–water partition coefficient (Wildman–Crippen LogP) is 3.00. The molecule has 0 spiro atoms. The van der Waals surface area contributed by atoms with Gasteiger partial charge in [0.15, 0.2) is 0 Å². The lowest BCUT2D eigenvalue weighted by atomic mass is 10.0. The third kappa shape index (κ3) is 3.22. The van der Waals surface area contributed by atoms with Crippen LogP contribution in [0.2, 0.25) is 0 Å². The molecule has 2 rings (SSSR count). The van der Waals surface area contributed by atoms with Crippen LogP contribution in [0.4, 0.5) is 0 Å². The lowest BCUT2D eigenvalue weighted by Gasteiger charge is -2.30.